The van der Waals surface area contributed by atoms with Gasteiger partial charge in [0.15, 0.2) is 5.13 Å². The number of amides is 2. The third kappa shape index (κ3) is 3.13. The SMILES string of the molecule is O=C(Nc1nc2c(s1)CCCCC2)C1CCCN1C(=O)C1CC1. The molecule has 1 saturated carbocycles. The minimum absolute atomic E-state index is 0.0552. The van der Waals surface area contributed by atoms with Crippen molar-refractivity contribution in [3.8, 4) is 0 Å². The second kappa shape index (κ2) is 6.23. The van der Waals surface area contributed by atoms with Crippen LogP contribution < -0.4 is 5.32 Å². The van der Waals surface area contributed by atoms with E-state index in [1.54, 1.807) is 16.2 Å². The lowest BCUT2D eigenvalue weighted by Crippen LogP contribution is -2.43. The van der Waals surface area contributed by atoms with E-state index in [2.05, 4.69) is 10.3 Å². The molecule has 2 aliphatic carbocycles. The van der Waals surface area contributed by atoms with Crippen LogP contribution in [0.4, 0.5) is 5.13 Å². The van der Waals surface area contributed by atoms with E-state index in [1.807, 2.05) is 0 Å². The molecule has 5 nitrogen and oxygen atoms in total. The summed E-state index contributed by atoms with van der Waals surface area (Å²) in [5.41, 5.74) is 1.17. The Hall–Kier alpha value is -1.43. The van der Waals surface area contributed by atoms with Crippen molar-refractivity contribution >= 4 is 28.3 Å². The number of nitrogens with one attached hydrogen (secondary N) is 1. The van der Waals surface area contributed by atoms with Crippen LogP contribution in [0.3, 0.4) is 0 Å². The number of likely N-dealkylation sites (tertiary alicyclic amines) is 1. The van der Waals surface area contributed by atoms with Gasteiger partial charge < -0.3 is 10.2 Å². The first-order valence-electron chi connectivity index (χ1n) is 8.82. The molecule has 3 aliphatic rings. The quantitative estimate of drug-likeness (QED) is 0.865. The molecule has 2 fully saturated rings. The van der Waals surface area contributed by atoms with Crippen LogP contribution in [0.1, 0.15) is 55.5 Å². The summed E-state index contributed by atoms with van der Waals surface area (Å²) in [4.78, 5) is 32.7. The number of thiazole rings is 1. The lowest BCUT2D eigenvalue weighted by atomic mass is 10.2. The molecule has 1 atom stereocenters. The number of fused-ring (bicyclic) bond motifs is 1. The molecule has 23 heavy (non-hydrogen) atoms. The van der Waals surface area contributed by atoms with Gasteiger partial charge in [0.1, 0.15) is 6.04 Å². The molecule has 124 valence electrons. The number of carbonyl (C=O) groups is 2. The number of aromatic nitrogens is 1. The zero-order valence-electron chi connectivity index (χ0n) is 13.3. The van der Waals surface area contributed by atoms with Gasteiger partial charge in [-0.3, -0.25) is 9.59 Å². The van der Waals surface area contributed by atoms with Gasteiger partial charge in [-0.2, -0.15) is 0 Å². The van der Waals surface area contributed by atoms with Gasteiger partial charge in [-0.1, -0.05) is 6.42 Å². The van der Waals surface area contributed by atoms with Crippen molar-refractivity contribution in [3.05, 3.63) is 10.6 Å². The molecule has 2 heterocycles. The zero-order chi connectivity index (χ0) is 15.8. The van der Waals surface area contributed by atoms with Crippen LogP contribution in [0.2, 0.25) is 0 Å². The number of aryl methyl sites for hydroxylation is 2. The Bertz CT molecular complexity index is 600. The number of nitrogens with zero attached hydrogens (tertiary/aromatic N) is 2. The molecular weight excluding hydrogens is 310 g/mol. The predicted molar refractivity (Wildman–Crippen MR) is 89.5 cm³/mol. The molecule has 1 aromatic rings. The Morgan fingerprint density at radius 3 is 2.74 bits per heavy atom. The molecule has 0 aromatic carbocycles. The largest absolute Gasteiger partial charge is 0.330 e. The molecule has 0 bridgehead atoms. The second-order valence-electron chi connectivity index (χ2n) is 6.90. The first kappa shape index (κ1) is 15.1. The summed E-state index contributed by atoms with van der Waals surface area (Å²) in [6.07, 6.45) is 9.46. The van der Waals surface area contributed by atoms with Gasteiger partial charge in [-0.15, -0.1) is 11.3 Å². The highest BCUT2D eigenvalue weighted by Gasteiger charge is 2.41. The highest BCUT2D eigenvalue weighted by Crippen LogP contribution is 2.34. The van der Waals surface area contributed by atoms with Crippen molar-refractivity contribution in [3.63, 3.8) is 0 Å². The maximum atomic E-state index is 12.6. The normalized spacial score (nSPS) is 24.2. The summed E-state index contributed by atoms with van der Waals surface area (Å²) in [5.74, 6) is 0.303. The number of rotatable bonds is 3. The van der Waals surface area contributed by atoms with Crippen LogP contribution in [0.15, 0.2) is 0 Å². The Morgan fingerprint density at radius 2 is 1.91 bits per heavy atom. The van der Waals surface area contributed by atoms with Crippen molar-refractivity contribution in [1.29, 1.82) is 0 Å². The fourth-order valence-electron chi connectivity index (χ4n) is 3.64. The topological polar surface area (TPSA) is 62.3 Å². The Balaban J connectivity index is 1.43. The van der Waals surface area contributed by atoms with Gasteiger partial charge in [0.05, 0.1) is 5.69 Å². The molecule has 1 N–H and O–H groups in total. The van der Waals surface area contributed by atoms with E-state index in [0.29, 0.717) is 5.13 Å². The van der Waals surface area contributed by atoms with E-state index in [4.69, 9.17) is 0 Å². The van der Waals surface area contributed by atoms with Crippen LogP contribution in [0.25, 0.3) is 0 Å². The summed E-state index contributed by atoms with van der Waals surface area (Å²) >= 11 is 1.62. The van der Waals surface area contributed by atoms with Crippen molar-refractivity contribution in [2.45, 2.75) is 63.8 Å². The Kier molecular flexibility index (Phi) is 4.09. The standard InChI is InChI=1S/C17H23N3O2S/c21-15(13-6-4-10-20(13)16(22)11-8-9-11)19-17-18-12-5-2-1-3-7-14(12)23-17/h11,13H,1-10H2,(H,18,19,21). The van der Waals surface area contributed by atoms with Gasteiger partial charge in [-0.25, -0.2) is 4.98 Å². The van der Waals surface area contributed by atoms with Crippen molar-refractivity contribution in [2.24, 2.45) is 5.92 Å². The van der Waals surface area contributed by atoms with Gasteiger partial charge in [-0.05, 0) is 51.4 Å². The molecule has 4 rings (SSSR count). The van der Waals surface area contributed by atoms with E-state index >= 15 is 0 Å². The maximum absolute atomic E-state index is 12.6. The van der Waals surface area contributed by atoms with E-state index < -0.39 is 0 Å². The highest BCUT2D eigenvalue weighted by molar-refractivity contribution is 7.15. The fourth-order valence-corrected chi connectivity index (χ4v) is 4.69. The molecule has 1 aliphatic heterocycles. The molecule has 6 heteroatoms. The summed E-state index contributed by atoms with van der Waals surface area (Å²) in [6, 6.07) is -0.299. The molecule has 1 unspecified atom stereocenters. The number of hydrogen-bond acceptors (Lipinski definition) is 4. The molecule has 2 amide bonds. The highest BCUT2D eigenvalue weighted by atomic mass is 32.1. The van der Waals surface area contributed by atoms with E-state index in [-0.39, 0.29) is 23.8 Å². The van der Waals surface area contributed by atoms with E-state index in [1.165, 1.54) is 29.8 Å². The lowest BCUT2D eigenvalue weighted by Gasteiger charge is -2.23. The summed E-state index contributed by atoms with van der Waals surface area (Å²) in [6.45, 7) is 0.724. The summed E-state index contributed by atoms with van der Waals surface area (Å²) in [5, 5.41) is 3.70. The minimum Gasteiger partial charge on any atom is -0.330 e. The third-order valence-corrected chi connectivity index (χ3v) is 6.16. The van der Waals surface area contributed by atoms with Crippen molar-refractivity contribution < 1.29 is 9.59 Å². The molecule has 1 saturated heterocycles. The maximum Gasteiger partial charge on any atom is 0.248 e. The average molecular weight is 333 g/mol. The minimum atomic E-state index is -0.299. The number of carbonyl (C=O) groups excluding carboxylic acids is 2. The molecule has 1 aromatic heterocycles. The fraction of sp³-hybridized carbons (Fsp3) is 0.706. The third-order valence-electron chi connectivity index (χ3n) is 5.09. The first-order valence-corrected chi connectivity index (χ1v) is 9.64. The lowest BCUT2D eigenvalue weighted by molar-refractivity contribution is -0.137. The van der Waals surface area contributed by atoms with Crippen LogP contribution in [-0.4, -0.2) is 34.3 Å². The first-order chi connectivity index (χ1) is 11.2. The zero-order valence-corrected chi connectivity index (χ0v) is 14.2. The van der Waals surface area contributed by atoms with Gasteiger partial charge >= 0.3 is 0 Å². The summed E-state index contributed by atoms with van der Waals surface area (Å²) in [7, 11) is 0. The Morgan fingerprint density at radius 1 is 1.09 bits per heavy atom. The van der Waals surface area contributed by atoms with Crippen LogP contribution >= 0.6 is 11.3 Å². The second-order valence-corrected chi connectivity index (χ2v) is 7.99. The average Bonchev–Trinajstić information content (AvgIpc) is 3.22. The monoisotopic (exact) mass is 333 g/mol. The van der Waals surface area contributed by atoms with Crippen LogP contribution in [-0.2, 0) is 22.4 Å². The predicted octanol–water partition coefficient (Wildman–Crippen LogP) is 2.75. The van der Waals surface area contributed by atoms with Crippen LogP contribution in [0.5, 0.6) is 0 Å². The summed E-state index contributed by atoms with van der Waals surface area (Å²) < 4.78 is 0. The molecular formula is C17H23N3O2S. The van der Waals surface area contributed by atoms with Crippen molar-refractivity contribution in [2.75, 3.05) is 11.9 Å². The van der Waals surface area contributed by atoms with Gasteiger partial charge in [0.25, 0.3) is 0 Å². The van der Waals surface area contributed by atoms with Gasteiger partial charge in [0, 0.05) is 17.3 Å². The Labute approximate surface area is 140 Å². The number of anilines is 1. The van der Waals surface area contributed by atoms with E-state index in [9.17, 15) is 9.59 Å². The van der Waals surface area contributed by atoms with Crippen LogP contribution in [0, 0.1) is 5.92 Å². The smallest absolute Gasteiger partial charge is 0.248 e. The van der Waals surface area contributed by atoms with Gasteiger partial charge in [0.2, 0.25) is 11.8 Å². The molecule has 0 radical (unpaired) electrons. The number of hydrogen-bond donors (Lipinski definition) is 1. The van der Waals surface area contributed by atoms with Crippen molar-refractivity contribution in [1.82, 2.24) is 9.88 Å². The molecule has 0 spiro atoms. The van der Waals surface area contributed by atoms with E-state index in [0.717, 1.165) is 45.1 Å².